The molecule has 0 aliphatic heterocycles. The number of benzene rings is 2. The van der Waals surface area contributed by atoms with Gasteiger partial charge in [0.25, 0.3) is 0 Å². The predicted octanol–water partition coefficient (Wildman–Crippen LogP) is 6.22. The second kappa shape index (κ2) is 10.4. The first-order valence-corrected chi connectivity index (χ1v) is 10.6. The highest BCUT2D eigenvalue weighted by Crippen LogP contribution is 2.38. The Labute approximate surface area is 191 Å². The Morgan fingerprint density at radius 2 is 1.36 bits per heavy atom. The summed E-state index contributed by atoms with van der Waals surface area (Å²) in [5, 5.41) is 0. The van der Waals surface area contributed by atoms with Gasteiger partial charge in [-0.05, 0) is 61.9 Å². The molecular weight excluding hydrogens is 433 g/mol. The van der Waals surface area contributed by atoms with Gasteiger partial charge < -0.3 is 19.3 Å². The van der Waals surface area contributed by atoms with Crippen LogP contribution >= 0.6 is 0 Å². The van der Waals surface area contributed by atoms with Crippen molar-refractivity contribution in [2.24, 2.45) is 0 Å². The maximum absolute atomic E-state index is 13.7. The number of hydrogen-bond donors (Lipinski definition) is 0. The lowest BCUT2D eigenvalue weighted by Crippen LogP contribution is -2.21. The number of alkyl halides is 3. The lowest BCUT2D eigenvalue weighted by atomic mass is 10.2. The minimum absolute atomic E-state index is 0.136. The first kappa shape index (κ1) is 24.2. The van der Waals surface area contributed by atoms with Crippen LogP contribution < -0.4 is 19.3 Å². The zero-order valence-corrected chi connectivity index (χ0v) is 19.1. The molecule has 6 nitrogen and oxygen atoms in total. The Kier molecular flexibility index (Phi) is 7.63. The van der Waals surface area contributed by atoms with Crippen LogP contribution in [0.2, 0.25) is 0 Å². The number of anilines is 4. The minimum Gasteiger partial charge on any atom is -0.494 e. The minimum atomic E-state index is -4.61. The van der Waals surface area contributed by atoms with Crippen molar-refractivity contribution in [2.75, 3.05) is 37.1 Å². The smallest absolute Gasteiger partial charge is 0.421 e. The average Bonchev–Trinajstić information content (AvgIpc) is 2.82. The summed E-state index contributed by atoms with van der Waals surface area (Å²) in [6, 6.07) is 14.0. The van der Waals surface area contributed by atoms with Gasteiger partial charge in [0.1, 0.15) is 17.1 Å². The molecule has 9 heteroatoms. The molecule has 0 amide bonds. The molecule has 1 heterocycles. The van der Waals surface area contributed by atoms with Crippen LogP contribution in [0, 0.1) is 0 Å². The highest BCUT2D eigenvalue weighted by atomic mass is 19.4. The van der Waals surface area contributed by atoms with Crippen molar-refractivity contribution < 1.29 is 22.6 Å². The van der Waals surface area contributed by atoms with Crippen molar-refractivity contribution in [3.05, 3.63) is 60.3 Å². The van der Waals surface area contributed by atoms with Gasteiger partial charge in [0.2, 0.25) is 5.95 Å². The van der Waals surface area contributed by atoms with E-state index in [1.54, 1.807) is 67.5 Å². The quantitative estimate of drug-likeness (QED) is 0.378. The van der Waals surface area contributed by atoms with Crippen molar-refractivity contribution >= 4 is 23.1 Å². The summed E-state index contributed by atoms with van der Waals surface area (Å²) in [6.07, 6.45) is -2.93. The van der Waals surface area contributed by atoms with Crippen molar-refractivity contribution in [2.45, 2.75) is 26.4 Å². The van der Waals surface area contributed by atoms with Crippen LogP contribution in [0.15, 0.2) is 54.7 Å². The summed E-state index contributed by atoms with van der Waals surface area (Å²) in [4.78, 5) is 11.3. The first-order valence-electron chi connectivity index (χ1n) is 10.6. The molecule has 0 unspecified atom stereocenters. The van der Waals surface area contributed by atoms with Gasteiger partial charge in [-0.15, -0.1) is 0 Å². The molecule has 0 saturated heterocycles. The highest BCUT2D eigenvalue weighted by Gasteiger charge is 2.37. The molecule has 3 aromatic rings. The molecule has 176 valence electrons. The van der Waals surface area contributed by atoms with Crippen molar-refractivity contribution in [1.29, 1.82) is 0 Å². The summed E-state index contributed by atoms with van der Waals surface area (Å²) < 4.78 is 52.2. The van der Waals surface area contributed by atoms with E-state index in [0.29, 0.717) is 36.1 Å². The van der Waals surface area contributed by atoms with Crippen LogP contribution in [0.1, 0.15) is 25.8 Å². The van der Waals surface area contributed by atoms with E-state index in [0.717, 1.165) is 12.6 Å². The molecule has 0 aliphatic rings. The van der Waals surface area contributed by atoms with Crippen molar-refractivity contribution in [3.8, 4) is 11.5 Å². The molecule has 1 aromatic heterocycles. The number of rotatable bonds is 9. The predicted molar refractivity (Wildman–Crippen MR) is 123 cm³/mol. The molecule has 33 heavy (non-hydrogen) atoms. The molecule has 0 aliphatic carbocycles. The van der Waals surface area contributed by atoms with E-state index >= 15 is 0 Å². The fraction of sp³-hybridized carbons (Fsp3) is 0.333. The zero-order valence-electron chi connectivity index (χ0n) is 19.1. The molecule has 0 saturated carbocycles. The SMILES string of the molecule is CCCOc1ccc(N(C)c2nc(N(C)c3ccc(OCC)cc3)ncc2C(F)(F)F)cc1. The Balaban J connectivity index is 1.94. The van der Waals surface area contributed by atoms with Gasteiger partial charge in [0, 0.05) is 31.7 Å². The number of nitrogens with zero attached hydrogens (tertiary/aromatic N) is 4. The maximum atomic E-state index is 13.7. The van der Waals surface area contributed by atoms with Crippen LogP contribution in [0.5, 0.6) is 11.5 Å². The fourth-order valence-corrected chi connectivity index (χ4v) is 3.14. The highest BCUT2D eigenvalue weighted by molar-refractivity contribution is 5.66. The van der Waals surface area contributed by atoms with Crippen LogP contribution in [0.3, 0.4) is 0 Å². The third-order valence-electron chi connectivity index (χ3n) is 4.91. The van der Waals surface area contributed by atoms with Gasteiger partial charge in [-0.1, -0.05) is 6.92 Å². The summed E-state index contributed by atoms with van der Waals surface area (Å²) in [6.45, 7) is 5.00. The summed E-state index contributed by atoms with van der Waals surface area (Å²) in [5.74, 6) is 1.25. The van der Waals surface area contributed by atoms with E-state index in [9.17, 15) is 13.2 Å². The Morgan fingerprint density at radius 3 is 1.88 bits per heavy atom. The summed E-state index contributed by atoms with van der Waals surface area (Å²) in [5.41, 5.74) is 0.335. The van der Waals surface area contributed by atoms with E-state index in [1.807, 2.05) is 13.8 Å². The lowest BCUT2D eigenvalue weighted by molar-refractivity contribution is -0.137. The topological polar surface area (TPSA) is 50.7 Å². The van der Waals surface area contributed by atoms with Crippen molar-refractivity contribution in [3.63, 3.8) is 0 Å². The van der Waals surface area contributed by atoms with Gasteiger partial charge in [0.15, 0.2) is 5.82 Å². The summed E-state index contributed by atoms with van der Waals surface area (Å²) >= 11 is 0. The largest absolute Gasteiger partial charge is 0.494 e. The summed E-state index contributed by atoms with van der Waals surface area (Å²) in [7, 11) is 3.24. The van der Waals surface area contributed by atoms with Gasteiger partial charge in [-0.3, -0.25) is 0 Å². The molecular formula is C24H27F3N4O2. The monoisotopic (exact) mass is 460 g/mol. The number of aromatic nitrogens is 2. The Morgan fingerprint density at radius 1 is 0.818 bits per heavy atom. The second-order valence-corrected chi connectivity index (χ2v) is 7.29. The molecule has 0 N–H and O–H groups in total. The fourth-order valence-electron chi connectivity index (χ4n) is 3.14. The van der Waals surface area contributed by atoms with Gasteiger partial charge in [-0.2, -0.15) is 18.2 Å². The van der Waals surface area contributed by atoms with E-state index in [4.69, 9.17) is 9.47 Å². The lowest BCUT2D eigenvalue weighted by Gasteiger charge is -2.25. The number of hydrogen-bond acceptors (Lipinski definition) is 6. The van der Waals surface area contributed by atoms with E-state index in [2.05, 4.69) is 9.97 Å². The zero-order chi connectivity index (χ0) is 24.0. The molecule has 0 fully saturated rings. The number of ether oxygens (including phenoxy) is 2. The first-order chi connectivity index (χ1) is 15.7. The molecule has 0 atom stereocenters. The third kappa shape index (κ3) is 5.85. The Bertz CT molecular complexity index is 1040. The van der Waals surface area contributed by atoms with Crippen molar-refractivity contribution in [1.82, 2.24) is 9.97 Å². The molecule has 0 bridgehead atoms. The molecule has 0 spiro atoms. The number of halogens is 3. The standard InChI is InChI=1S/C24H27F3N4O2/c1-5-15-33-20-13-7-17(8-14-20)30(3)22-21(24(25,26)27)16-28-23(29-22)31(4)18-9-11-19(12-10-18)32-6-2/h7-14,16H,5-6,15H2,1-4H3. The van der Waals surface area contributed by atoms with Crippen LogP contribution in [0.4, 0.5) is 36.3 Å². The maximum Gasteiger partial charge on any atom is 0.421 e. The molecule has 2 aromatic carbocycles. The normalized spacial score (nSPS) is 11.2. The molecule has 3 rings (SSSR count). The van der Waals surface area contributed by atoms with E-state index < -0.39 is 11.7 Å². The van der Waals surface area contributed by atoms with Crippen LogP contribution in [-0.2, 0) is 6.18 Å². The van der Waals surface area contributed by atoms with Crippen LogP contribution in [0.25, 0.3) is 0 Å². The Hall–Kier alpha value is -3.49. The molecule has 0 radical (unpaired) electrons. The van der Waals surface area contributed by atoms with E-state index in [1.165, 1.54) is 4.90 Å². The second-order valence-electron chi connectivity index (χ2n) is 7.29. The van der Waals surface area contributed by atoms with E-state index in [-0.39, 0.29) is 11.8 Å². The third-order valence-corrected chi connectivity index (χ3v) is 4.91. The van der Waals surface area contributed by atoms with Gasteiger partial charge in [-0.25, -0.2) is 4.98 Å². The van der Waals surface area contributed by atoms with Gasteiger partial charge in [0.05, 0.1) is 13.2 Å². The van der Waals surface area contributed by atoms with Crippen LogP contribution in [-0.4, -0.2) is 37.3 Å². The van der Waals surface area contributed by atoms with Gasteiger partial charge >= 0.3 is 6.18 Å². The average molecular weight is 461 g/mol.